The number of hydrogen-bond donors (Lipinski definition) is 0. The van der Waals surface area contributed by atoms with E-state index in [-0.39, 0.29) is 12.1 Å². The van der Waals surface area contributed by atoms with E-state index in [1.165, 1.54) is 19.3 Å². The molecule has 3 saturated carbocycles. The van der Waals surface area contributed by atoms with Gasteiger partial charge in [-0.3, -0.25) is 4.39 Å². The fourth-order valence-corrected chi connectivity index (χ4v) is 1.82. The van der Waals surface area contributed by atoms with Crippen molar-refractivity contribution in [1.82, 2.24) is 0 Å². The molecule has 3 aliphatic carbocycles. The van der Waals surface area contributed by atoms with Gasteiger partial charge in [-0.2, -0.15) is 0 Å². The Balaban J connectivity index is 2.03. The molecule has 0 aromatic rings. The Kier molecular flexibility index (Phi) is 0.477. The molecule has 2 bridgehead atoms. The Bertz CT molecular complexity index is 75.3. The lowest BCUT2D eigenvalue weighted by molar-refractivity contribution is -0.120. The largest absolute Gasteiger partial charge is 0.250 e. The van der Waals surface area contributed by atoms with Gasteiger partial charge in [0.05, 0.1) is 6.67 Å². The van der Waals surface area contributed by atoms with Crippen LogP contribution in [0.25, 0.3) is 0 Å². The Morgan fingerprint density at radius 3 is 2.00 bits per heavy atom. The van der Waals surface area contributed by atoms with Crippen LogP contribution in [0.4, 0.5) is 4.39 Å². The molecule has 0 radical (unpaired) electrons. The minimum Gasteiger partial charge on any atom is -0.250 e. The summed E-state index contributed by atoms with van der Waals surface area (Å²) in [5.41, 5.74) is 0.241. The van der Waals surface area contributed by atoms with E-state index in [1.54, 1.807) is 0 Å². The molecular weight excluding hydrogens is 91.1 g/mol. The summed E-state index contributed by atoms with van der Waals surface area (Å²) < 4.78 is 11.9. The molecule has 7 heavy (non-hydrogen) atoms. The molecule has 0 aromatic heterocycles. The van der Waals surface area contributed by atoms with Gasteiger partial charge in [-0.25, -0.2) is 0 Å². The zero-order valence-corrected chi connectivity index (χ0v) is 4.28. The highest BCUT2D eigenvalue weighted by molar-refractivity contribution is 5.06. The van der Waals surface area contributed by atoms with Crippen molar-refractivity contribution in [3.05, 3.63) is 0 Å². The van der Waals surface area contributed by atoms with E-state index in [0.717, 1.165) is 5.92 Å². The van der Waals surface area contributed by atoms with Gasteiger partial charge in [0.25, 0.3) is 0 Å². The van der Waals surface area contributed by atoms with Crippen LogP contribution in [-0.2, 0) is 0 Å². The molecule has 1 heteroatoms. The van der Waals surface area contributed by atoms with Gasteiger partial charge < -0.3 is 0 Å². The molecule has 0 aliphatic heterocycles. The van der Waals surface area contributed by atoms with E-state index in [4.69, 9.17) is 0 Å². The topological polar surface area (TPSA) is 0 Å². The van der Waals surface area contributed by atoms with Gasteiger partial charge in [-0.05, 0) is 30.6 Å². The Morgan fingerprint density at radius 2 is 2.00 bits per heavy atom. The molecule has 3 aliphatic rings. The highest BCUT2D eigenvalue weighted by Gasteiger charge is 2.56. The quantitative estimate of drug-likeness (QED) is 0.471. The van der Waals surface area contributed by atoms with Crippen molar-refractivity contribution in [2.75, 3.05) is 6.67 Å². The van der Waals surface area contributed by atoms with E-state index < -0.39 is 0 Å². The average molecular weight is 100 g/mol. The number of halogens is 1. The van der Waals surface area contributed by atoms with Gasteiger partial charge in [-0.1, -0.05) is 0 Å². The summed E-state index contributed by atoms with van der Waals surface area (Å²) in [6.07, 6.45) is 3.59. The first-order valence-corrected chi connectivity index (χ1v) is 2.91. The maximum atomic E-state index is 11.9. The lowest BCUT2D eigenvalue weighted by Gasteiger charge is -2.60. The lowest BCUT2D eigenvalue weighted by atomic mass is 9.45. The predicted octanol–water partition coefficient (Wildman–Crippen LogP) is 1.76. The average Bonchev–Trinajstić information content (AvgIpc) is 1.25. The summed E-state index contributed by atoms with van der Waals surface area (Å²) in [4.78, 5) is 0. The monoisotopic (exact) mass is 100 g/mol. The van der Waals surface area contributed by atoms with Crippen molar-refractivity contribution in [2.45, 2.75) is 19.3 Å². The smallest absolute Gasteiger partial charge is 0.0950 e. The molecule has 0 unspecified atom stereocenters. The first-order chi connectivity index (χ1) is 3.35. The molecule has 40 valence electrons. The summed E-state index contributed by atoms with van der Waals surface area (Å²) in [5.74, 6) is 0.941. The molecular formula is C6H9F. The second-order valence-electron chi connectivity index (χ2n) is 3.11. The molecule has 0 atom stereocenters. The van der Waals surface area contributed by atoms with Crippen LogP contribution < -0.4 is 0 Å². The number of hydrogen-bond acceptors (Lipinski definition) is 0. The highest BCUT2D eigenvalue weighted by Crippen LogP contribution is 2.64. The Morgan fingerprint density at radius 1 is 1.43 bits per heavy atom. The summed E-state index contributed by atoms with van der Waals surface area (Å²) in [6.45, 7) is -0.0521. The minimum absolute atomic E-state index is 0.0521. The SMILES string of the molecule is FCC12CC(C1)C2. The second-order valence-corrected chi connectivity index (χ2v) is 3.11. The first kappa shape index (κ1) is 3.88. The minimum atomic E-state index is -0.0521. The number of rotatable bonds is 1. The van der Waals surface area contributed by atoms with Gasteiger partial charge in [0.1, 0.15) is 0 Å². The molecule has 0 saturated heterocycles. The van der Waals surface area contributed by atoms with Crippen LogP contribution in [0.1, 0.15) is 19.3 Å². The normalized spacial score (nSPS) is 55.3. The van der Waals surface area contributed by atoms with Gasteiger partial charge in [0.15, 0.2) is 0 Å². The molecule has 0 amide bonds. The summed E-state index contributed by atoms with van der Waals surface area (Å²) in [5, 5.41) is 0. The molecule has 0 heterocycles. The zero-order chi connectivity index (χ0) is 4.91. The number of alkyl halides is 1. The van der Waals surface area contributed by atoms with Crippen molar-refractivity contribution < 1.29 is 4.39 Å². The summed E-state index contributed by atoms with van der Waals surface area (Å²) in [6, 6.07) is 0. The Labute approximate surface area is 42.7 Å². The molecule has 0 spiro atoms. The molecule has 0 N–H and O–H groups in total. The van der Waals surface area contributed by atoms with Crippen LogP contribution in [0, 0.1) is 11.3 Å². The van der Waals surface area contributed by atoms with Crippen LogP contribution in [0.15, 0.2) is 0 Å². The van der Waals surface area contributed by atoms with Crippen LogP contribution in [0.2, 0.25) is 0 Å². The van der Waals surface area contributed by atoms with Crippen molar-refractivity contribution in [3.8, 4) is 0 Å². The second kappa shape index (κ2) is 0.862. The van der Waals surface area contributed by atoms with Crippen molar-refractivity contribution in [2.24, 2.45) is 11.3 Å². The third-order valence-corrected chi connectivity index (χ3v) is 2.45. The highest BCUT2D eigenvalue weighted by atomic mass is 19.1. The van der Waals surface area contributed by atoms with Crippen molar-refractivity contribution in [3.63, 3.8) is 0 Å². The Hall–Kier alpha value is -0.0700. The van der Waals surface area contributed by atoms with Gasteiger partial charge in [0, 0.05) is 0 Å². The van der Waals surface area contributed by atoms with Crippen molar-refractivity contribution >= 4 is 0 Å². The third-order valence-electron chi connectivity index (χ3n) is 2.45. The van der Waals surface area contributed by atoms with Gasteiger partial charge >= 0.3 is 0 Å². The van der Waals surface area contributed by atoms with Crippen LogP contribution in [-0.4, -0.2) is 6.67 Å². The zero-order valence-electron chi connectivity index (χ0n) is 4.28. The summed E-state index contributed by atoms with van der Waals surface area (Å²) >= 11 is 0. The lowest BCUT2D eigenvalue weighted by Crippen LogP contribution is -2.52. The third kappa shape index (κ3) is 0.285. The summed E-state index contributed by atoms with van der Waals surface area (Å²) in [7, 11) is 0. The van der Waals surface area contributed by atoms with E-state index >= 15 is 0 Å². The van der Waals surface area contributed by atoms with E-state index in [2.05, 4.69) is 0 Å². The fraction of sp³-hybridized carbons (Fsp3) is 1.00. The molecule has 3 fully saturated rings. The molecule has 0 nitrogen and oxygen atoms in total. The van der Waals surface area contributed by atoms with Crippen LogP contribution in [0.5, 0.6) is 0 Å². The standard InChI is InChI=1S/C6H9F/c7-4-6-1-5(2-6)3-6/h5H,1-4H2. The van der Waals surface area contributed by atoms with E-state index in [9.17, 15) is 4.39 Å². The van der Waals surface area contributed by atoms with Crippen molar-refractivity contribution in [1.29, 1.82) is 0 Å². The molecule has 3 rings (SSSR count). The van der Waals surface area contributed by atoms with Crippen LogP contribution >= 0.6 is 0 Å². The van der Waals surface area contributed by atoms with Gasteiger partial charge in [0.2, 0.25) is 0 Å². The van der Waals surface area contributed by atoms with Gasteiger partial charge in [-0.15, -0.1) is 0 Å². The maximum absolute atomic E-state index is 11.9. The predicted molar refractivity (Wildman–Crippen MR) is 25.7 cm³/mol. The van der Waals surface area contributed by atoms with Crippen LogP contribution in [0.3, 0.4) is 0 Å². The fourth-order valence-electron chi connectivity index (χ4n) is 1.82. The maximum Gasteiger partial charge on any atom is 0.0950 e. The first-order valence-electron chi connectivity index (χ1n) is 2.91. The van der Waals surface area contributed by atoms with E-state index in [0.29, 0.717) is 0 Å². The molecule has 0 aromatic carbocycles. The van der Waals surface area contributed by atoms with E-state index in [1.807, 2.05) is 0 Å².